The molecule has 1 aromatic carbocycles. The van der Waals surface area contributed by atoms with E-state index >= 15 is 0 Å². The molecule has 0 radical (unpaired) electrons. The molecule has 0 bridgehead atoms. The predicted molar refractivity (Wildman–Crippen MR) is 80.9 cm³/mol. The highest BCUT2D eigenvalue weighted by molar-refractivity contribution is 9.10. The van der Waals surface area contributed by atoms with Gasteiger partial charge in [0, 0.05) is 14.7 Å². The van der Waals surface area contributed by atoms with Crippen LogP contribution in [0, 0.1) is 0 Å². The third kappa shape index (κ3) is 3.82. The average molecular weight is 363 g/mol. The Morgan fingerprint density at radius 2 is 2.33 bits per heavy atom. The van der Waals surface area contributed by atoms with Gasteiger partial charge in [-0.25, -0.2) is 4.98 Å². The van der Waals surface area contributed by atoms with Gasteiger partial charge < -0.3 is 0 Å². The molecule has 0 unspecified atom stereocenters. The molecule has 0 fully saturated rings. The topological polar surface area (TPSA) is 30.0 Å². The Balaban J connectivity index is 1.98. The summed E-state index contributed by atoms with van der Waals surface area (Å²) in [5.74, 6) is 0.630. The van der Waals surface area contributed by atoms with Crippen molar-refractivity contribution in [3.63, 3.8) is 0 Å². The van der Waals surface area contributed by atoms with Crippen LogP contribution in [0.3, 0.4) is 0 Å². The molecule has 1 aromatic heterocycles. The van der Waals surface area contributed by atoms with E-state index in [1.165, 1.54) is 16.2 Å². The van der Waals surface area contributed by atoms with Crippen molar-refractivity contribution in [2.24, 2.45) is 0 Å². The third-order valence-electron chi connectivity index (χ3n) is 2.12. The average Bonchev–Trinajstić information content (AvgIpc) is 2.84. The second kappa shape index (κ2) is 6.70. The van der Waals surface area contributed by atoms with Gasteiger partial charge in [0.1, 0.15) is 10.7 Å². The zero-order valence-electron chi connectivity index (χ0n) is 9.23. The van der Waals surface area contributed by atoms with Crippen molar-refractivity contribution in [2.75, 3.05) is 5.88 Å². The second-order valence-corrected chi connectivity index (χ2v) is 6.60. The van der Waals surface area contributed by atoms with Crippen LogP contribution in [0.25, 0.3) is 0 Å². The van der Waals surface area contributed by atoms with Gasteiger partial charge in [-0.15, -0.1) is 34.7 Å². The monoisotopic (exact) mass is 361 g/mol. The number of thioether (sulfide) groups is 1. The Hall–Kier alpha value is -0.360. The van der Waals surface area contributed by atoms with E-state index in [2.05, 4.69) is 27.0 Å². The number of ketones is 1. The van der Waals surface area contributed by atoms with Crippen LogP contribution in [-0.2, 0) is 5.75 Å². The summed E-state index contributed by atoms with van der Waals surface area (Å²) in [4.78, 5) is 16.8. The van der Waals surface area contributed by atoms with Crippen LogP contribution in [0.4, 0.5) is 0 Å². The fraction of sp³-hybridized carbons (Fsp3) is 0.167. The number of hydrogen-bond donors (Lipinski definition) is 0. The van der Waals surface area contributed by atoms with E-state index in [4.69, 9.17) is 11.6 Å². The normalized spacial score (nSPS) is 10.6. The van der Waals surface area contributed by atoms with Gasteiger partial charge in [0.05, 0.1) is 11.6 Å². The first-order valence-corrected chi connectivity index (χ1v) is 8.30. The lowest BCUT2D eigenvalue weighted by Gasteiger charge is -1.99. The SMILES string of the molecule is O=C(CCl)c1csc(CSc2cccc(Br)c2)n1. The van der Waals surface area contributed by atoms with Gasteiger partial charge in [-0.3, -0.25) is 4.79 Å². The molecule has 0 saturated carbocycles. The van der Waals surface area contributed by atoms with E-state index in [1.807, 2.05) is 18.2 Å². The van der Waals surface area contributed by atoms with Gasteiger partial charge in [-0.2, -0.15) is 0 Å². The Kier molecular flexibility index (Phi) is 5.24. The molecule has 0 aliphatic heterocycles. The summed E-state index contributed by atoms with van der Waals surface area (Å²) in [5.41, 5.74) is 0.472. The van der Waals surface area contributed by atoms with Crippen molar-refractivity contribution in [3.05, 3.63) is 44.8 Å². The fourth-order valence-electron chi connectivity index (χ4n) is 1.28. The molecule has 0 N–H and O–H groups in total. The number of Topliss-reactive ketones (excluding diaryl/α,β-unsaturated/α-hetero) is 1. The molecule has 1 heterocycles. The lowest BCUT2D eigenvalue weighted by atomic mass is 10.3. The van der Waals surface area contributed by atoms with Gasteiger partial charge in [0.2, 0.25) is 0 Å². The summed E-state index contributed by atoms with van der Waals surface area (Å²) in [6.07, 6.45) is 0. The zero-order chi connectivity index (χ0) is 13.0. The van der Waals surface area contributed by atoms with E-state index in [0.29, 0.717) is 5.69 Å². The summed E-state index contributed by atoms with van der Waals surface area (Å²) in [6.45, 7) is 0. The van der Waals surface area contributed by atoms with Gasteiger partial charge in [-0.1, -0.05) is 22.0 Å². The minimum atomic E-state index is -0.119. The van der Waals surface area contributed by atoms with Gasteiger partial charge in [-0.05, 0) is 18.2 Å². The minimum Gasteiger partial charge on any atom is -0.291 e. The molecule has 0 saturated heterocycles. The quantitative estimate of drug-likeness (QED) is 0.441. The van der Waals surface area contributed by atoms with Crippen molar-refractivity contribution in [3.8, 4) is 0 Å². The number of benzene rings is 1. The number of nitrogens with zero attached hydrogens (tertiary/aromatic N) is 1. The van der Waals surface area contributed by atoms with Crippen molar-refractivity contribution in [1.29, 1.82) is 0 Å². The summed E-state index contributed by atoms with van der Waals surface area (Å²) in [7, 11) is 0. The maximum Gasteiger partial charge on any atom is 0.196 e. The van der Waals surface area contributed by atoms with Gasteiger partial charge >= 0.3 is 0 Å². The van der Waals surface area contributed by atoms with E-state index in [0.717, 1.165) is 15.2 Å². The van der Waals surface area contributed by atoms with Crippen molar-refractivity contribution in [1.82, 2.24) is 4.98 Å². The van der Waals surface area contributed by atoms with Crippen LogP contribution in [0.5, 0.6) is 0 Å². The second-order valence-electron chi connectivity index (χ2n) is 3.43. The molecule has 0 aliphatic rings. The van der Waals surface area contributed by atoms with E-state index in [-0.39, 0.29) is 11.7 Å². The van der Waals surface area contributed by atoms with Crippen molar-refractivity contribution in [2.45, 2.75) is 10.6 Å². The van der Waals surface area contributed by atoms with E-state index in [1.54, 1.807) is 17.1 Å². The van der Waals surface area contributed by atoms with Gasteiger partial charge in [0.15, 0.2) is 5.78 Å². The number of thiazole rings is 1. The minimum absolute atomic E-state index is 0.0120. The Morgan fingerprint density at radius 3 is 3.06 bits per heavy atom. The summed E-state index contributed by atoms with van der Waals surface area (Å²) in [6, 6.07) is 8.10. The molecule has 0 atom stereocenters. The molecule has 0 amide bonds. The Labute approximate surface area is 127 Å². The first-order valence-electron chi connectivity index (χ1n) is 5.11. The number of alkyl halides is 1. The molecule has 2 aromatic rings. The van der Waals surface area contributed by atoms with E-state index in [9.17, 15) is 4.79 Å². The maximum atomic E-state index is 11.3. The number of carbonyl (C=O) groups is 1. The lowest BCUT2D eigenvalue weighted by molar-refractivity contribution is 0.101. The largest absolute Gasteiger partial charge is 0.291 e. The number of hydrogen-bond acceptors (Lipinski definition) is 4. The highest BCUT2D eigenvalue weighted by Crippen LogP contribution is 2.26. The standard InChI is InChI=1S/C12H9BrClNOS2/c13-8-2-1-3-9(4-8)17-7-12-15-10(6-18-12)11(16)5-14/h1-4,6H,5,7H2. The lowest BCUT2D eigenvalue weighted by Crippen LogP contribution is -2.00. The third-order valence-corrected chi connectivity index (χ3v) is 4.89. The number of carbonyl (C=O) groups excluding carboxylic acids is 1. The highest BCUT2D eigenvalue weighted by Gasteiger charge is 2.09. The molecule has 0 spiro atoms. The summed E-state index contributed by atoms with van der Waals surface area (Å²) >= 11 is 12.1. The predicted octanol–water partition coefficient (Wildman–Crippen LogP) is 4.62. The van der Waals surface area contributed by atoms with Crippen LogP contribution in [0.2, 0.25) is 0 Å². The first kappa shape index (κ1) is 14.1. The molecule has 2 rings (SSSR count). The molecule has 94 valence electrons. The smallest absolute Gasteiger partial charge is 0.196 e. The van der Waals surface area contributed by atoms with Crippen LogP contribution in [0.15, 0.2) is 39.0 Å². The summed E-state index contributed by atoms with van der Waals surface area (Å²) < 4.78 is 1.06. The molecular formula is C12H9BrClNOS2. The number of rotatable bonds is 5. The van der Waals surface area contributed by atoms with Crippen molar-refractivity contribution < 1.29 is 4.79 Å². The van der Waals surface area contributed by atoms with Crippen LogP contribution in [0.1, 0.15) is 15.5 Å². The van der Waals surface area contributed by atoms with E-state index < -0.39 is 0 Å². The number of halogens is 2. The zero-order valence-corrected chi connectivity index (χ0v) is 13.2. The Bertz CT molecular complexity index is 559. The van der Waals surface area contributed by atoms with Gasteiger partial charge in [0.25, 0.3) is 0 Å². The summed E-state index contributed by atoms with van der Waals surface area (Å²) in [5, 5.41) is 2.70. The molecule has 6 heteroatoms. The number of aromatic nitrogens is 1. The molecule has 18 heavy (non-hydrogen) atoms. The maximum absolute atomic E-state index is 11.3. The molecular weight excluding hydrogens is 354 g/mol. The van der Waals surface area contributed by atoms with Crippen molar-refractivity contribution >= 4 is 56.4 Å². The Morgan fingerprint density at radius 1 is 1.50 bits per heavy atom. The molecule has 2 nitrogen and oxygen atoms in total. The van der Waals surface area contributed by atoms with Crippen LogP contribution >= 0.6 is 50.6 Å². The van der Waals surface area contributed by atoms with Crippen LogP contribution < -0.4 is 0 Å². The van der Waals surface area contributed by atoms with Crippen LogP contribution in [-0.4, -0.2) is 16.6 Å². The first-order chi connectivity index (χ1) is 8.69. The highest BCUT2D eigenvalue weighted by atomic mass is 79.9. The molecule has 0 aliphatic carbocycles. The fourth-order valence-corrected chi connectivity index (χ4v) is 3.73.